The van der Waals surface area contributed by atoms with Crippen LogP contribution >= 0.6 is 23.4 Å². The molecule has 3 rings (SSSR count). The Bertz CT molecular complexity index is 789. The van der Waals surface area contributed by atoms with Crippen molar-refractivity contribution in [2.24, 2.45) is 0 Å². The number of methoxy groups -OCH3 is 1. The molecule has 1 saturated carbocycles. The van der Waals surface area contributed by atoms with Gasteiger partial charge in [-0.15, -0.1) is 16.8 Å². The second-order valence-electron chi connectivity index (χ2n) is 5.70. The zero-order valence-electron chi connectivity index (χ0n) is 13.9. The van der Waals surface area contributed by atoms with E-state index in [1.165, 1.54) is 11.8 Å². The summed E-state index contributed by atoms with van der Waals surface area (Å²) in [4.78, 5) is 12.2. The van der Waals surface area contributed by atoms with Gasteiger partial charge in [-0.25, -0.2) is 0 Å². The Labute approximate surface area is 155 Å². The number of benzene rings is 1. The summed E-state index contributed by atoms with van der Waals surface area (Å²) in [5.74, 6) is 2.16. The molecular formula is C17H19ClN4O2S. The third-order valence-electron chi connectivity index (χ3n) is 3.77. The summed E-state index contributed by atoms with van der Waals surface area (Å²) >= 11 is 7.43. The Kier molecular flexibility index (Phi) is 5.65. The van der Waals surface area contributed by atoms with Crippen LogP contribution < -0.4 is 10.1 Å². The molecule has 2 aromatic rings. The van der Waals surface area contributed by atoms with Crippen LogP contribution in [0.15, 0.2) is 36.0 Å². The Morgan fingerprint density at radius 2 is 2.32 bits per heavy atom. The van der Waals surface area contributed by atoms with Crippen molar-refractivity contribution in [3.8, 4) is 5.75 Å². The van der Waals surface area contributed by atoms with Crippen LogP contribution in [0.4, 0.5) is 5.69 Å². The Balaban J connectivity index is 1.60. The highest BCUT2D eigenvalue weighted by molar-refractivity contribution is 7.99. The highest BCUT2D eigenvalue weighted by atomic mass is 35.5. The summed E-state index contributed by atoms with van der Waals surface area (Å²) < 4.78 is 7.13. The van der Waals surface area contributed by atoms with Crippen LogP contribution in [-0.2, 0) is 11.3 Å². The zero-order valence-corrected chi connectivity index (χ0v) is 15.4. The molecule has 132 valence electrons. The minimum absolute atomic E-state index is 0.132. The van der Waals surface area contributed by atoms with Crippen LogP contribution in [0.1, 0.15) is 24.6 Å². The van der Waals surface area contributed by atoms with E-state index in [1.807, 2.05) is 10.6 Å². The number of thioether (sulfide) groups is 1. The van der Waals surface area contributed by atoms with Crippen molar-refractivity contribution >= 4 is 35.0 Å². The smallest absolute Gasteiger partial charge is 0.234 e. The normalized spacial score (nSPS) is 13.5. The maximum atomic E-state index is 12.2. The van der Waals surface area contributed by atoms with Gasteiger partial charge in [-0.2, -0.15) is 0 Å². The lowest BCUT2D eigenvalue weighted by Gasteiger charge is -2.09. The fourth-order valence-corrected chi connectivity index (χ4v) is 3.43. The van der Waals surface area contributed by atoms with Gasteiger partial charge in [0.25, 0.3) is 0 Å². The van der Waals surface area contributed by atoms with Crippen LogP contribution in [-0.4, -0.2) is 33.5 Å². The van der Waals surface area contributed by atoms with Crippen molar-refractivity contribution in [1.82, 2.24) is 14.8 Å². The van der Waals surface area contributed by atoms with E-state index in [-0.39, 0.29) is 11.7 Å². The molecule has 1 aliphatic rings. The molecule has 0 radical (unpaired) electrons. The SMILES string of the molecule is C=CCn1c(SCC(=O)Nc2ccc(OC)c(Cl)c2)nnc1C1CC1. The van der Waals surface area contributed by atoms with Gasteiger partial charge in [0.2, 0.25) is 5.91 Å². The molecule has 0 spiro atoms. The van der Waals surface area contributed by atoms with E-state index in [0.717, 1.165) is 23.8 Å². The Hall–Kier alpha value is -1.99. The summed E-state index contributed by atoms with van der Waals surface area (Å²) in [6, 6.07) is 5.13. The topological polar surface area (TPSA) is 69.0 Å². The first-order valence-corrected chi connectivity index (χ1v) is 9.29. The van der Waals surface area contributed by atoms with E-state index < -0.39 is 0 Å². The van der Waals surface area contributed by atoms with E-state index in [2.05, 4.69) is 22.1 Å². The van der Waals surface area contributed by atoms with Crippen LogP contribution in [0.3, 0.4) is 0 Å². The van der Waals surface area contributed by atoms with Crippen molar-refractivity contribution in [3.05, 3.63) is 41.7 Å². The van der Waals surface area contributed by atoms with E-state index in [0.29, 0.717) is 28.9 Å². The average molecular weight is 379 g/mol. The molecule has 0 atom stereocenters. The first-order valence-electron chi connectivity index (χ1n) is 7.92. The number of ether oxygens (including phenoxy) is 1. The molecule has 8 heteroatoms. The van der Waals surface area contributed by atoms with Gasteiger partial charge in [0.05, 0.1) is 17.9 Å². The Morgan fingerprint density at radius 3 is 2.96 bits per heavy atom. The third kappa shape index (κ3) is 4.35. The molecule has 25 heavy (non-hydrogen) atoms. The highest BCUT2D eigenvalue weighted by Gasteiger charge is 2.30. The first kappa shape index (κ1) is 17.8. The van der Waals surface area contributed by atoms with Gasteiger partial charge in [0.1, 0.15) is 11.6 Å². The predicted molar refractivity (Wildman–Crippen MR) is 99.6 cm³/mol. The molecule has 0 aliphatic heterocycles. The standard InChI is InChI=1S/C17H19ClN4O2S/c1-3-8-22-16(11-4-5-11)20-21-17(22)25-10-15(23)19-12-6-7-14(24-2)13(18)9-12/h3,6-7,9,11H,1,4-5,8,10H2,2H3,(H,19,23). The molecule has 0 unspecified atom stereocenters. The number of halogens is 1. The number of allylic oxidation sites excluding steroid dienone is 1. The first-order chi connectivity index (χ1) is 12.1. The van der Waals surface area contributed by atoms with Crippen molar-refractivity contribution in [2.75, 3.05) is 18.2 Å². The number of hydrogen-bond donors (Lipinski definition) is 1. The van der Waals surface area contributed by atoms with Gasteiger partial charge in [0, 0.05) is 18.2 Å². The van der Waals surface area contributed by atoms with Crippen molar-refractivity contribution < 1.29 is 9.53 Å². The molecule has 0 saturated heterocycles. The number of nitrogens with one attached hydrogen (secondary N) is 1. The lowest BCUT2D eigenvalue weighted by Crippen LogP contribution is -2.14. The maximum Gasteiger partial charge on any atom is 0.234 e. The van der Waals surface area contributed by atoms with Crippen molar-refractivity contribution in [3.63, 3.8) is 0 Å². The molecule has 1 N–H and O–H groups in total. The van der Waals surface area contributed by atoms with Gasteiger partial charge < -0.3 is 14.6 Å². The van der Waals surface area contributed by atoms with Crippen LogP contribution in [0.25, 0.3) is 0 Å². The van der Waals surface area contributed by atoms with Crippen LogP contribution in [0.5, 0.6) is 5.75 Å². The molecule has 0 bridgehead atoms. The number of anilines is 1. The summed E-state index contributed by atoms with van der Waals surface area (Å²) in [5.41, 5.74) is 0.627. The van der Waals surface area contributed by atoms with Gasteiger partial charge >= 0.3 is 0 Å². The monoisotopic (exact) mass is 378 g/mol. The molecule has 1 aromatic carbocycles. The molecular weight excluding hydrogens is 360 g/mol. The summed E-state index contributed by atoms with van der Waals surface area (Å²) in [5, 5.41) is 12.5. The number of carbonyl (C=O) groups excluding carboxylic acids is 1. The number of nitrogens with zero attached hydrogens (tertiary/aromatic N) is 3. The summed E-state index contributed by atoms with van der Waals surface area (Å²) in [6.45, 7) is 4.43. The number of carbonyl (C=O) groups is 1. The molecule has 1 fully saturated rings. The van der Waals surface area contributed by atoms with Gasteiger partial charge in [-0.1, -0.05) is 29.4 Å². The van der Waals surface area contributed by atoms with E-state index >= 15 is 0 Å². The Morgan fingerprint density at radius 1 is 1.52 bits per heavy atom. The van der Waals surface area contributed by atoms with Crippen LogP contribution in [0.2, 0.25) is 5.02 Å². The van der Waals surface area contributed by atoms with Crippen molar-refractivity contribution in [1.29, 1.82) is 0 Å². The largest absolute Gasteiger partial charge is 0.495 e. The minimum atomic E-state index is -0.132. The highest BCUT2D eigenvalue weighted by Crippen LogP contribution is 2.40. The second-order valence-corrected chi connectivity index (χ2v) is 7.05. The lowest BCUT2D eigenvalue weighted by molar-refractivity contribution is -0.113. The number of amides is 1. The van der Waals surface area contributed by atoms with Crippen LogP contribution in [0, 0.1) is 0 Å². The maximum absolute atomic E-state index is 12.2. The predicted octanol–water partition coefficient (Wildman–Crippen LogP) is 3.73. The molecule has 1 heterocycles. The third-order valence-corrected chi connectivity index (χ3v) is 5.03. The fourth-order valence-electron chi connectivity index (χ4n) is 2.42. The number of rotatable bonds is 8. The van der Waals surface area contributed by atoms with E-state index in [1.54, 1.807) is 25.3 Å². The van der Waals surface area contributed by atoms with Gasteiger partial charge in [-0.3, -0.25) is 4.79 Å². The zero-order chi connectivity index (χ0) is 17.8. The molecule has 1 amide bonds. The second kappa shape index (κ2) is 7.93. The minimum Gasteiger partial charge on any atom is -0.495 e. The van der Waals surface area contributed by atoms with Crippen molar-refractivity contribution in [2.45, 2.75) is 30.5 Å². The summed E-state index contributed by atoms with van der Waals surface area (Å²) in [7, 11) is 1.55. The molecule has 1 aliphatic carbocycles. The quantitative estimate of drug-likeness (QED) is 0.559. The van der Waals surface area contributed by atoms with Gasteiger partial charge in [-0.05, 0) is 31.0 Å². The van der Waals surface area contributed by atoms with E-state index in [9.17, 15) is 4.79 Å². The van der Waals surface area contributed by atoms with Gasteiger partial charge in [0.15, 0.2) is 5.16 Å². The van der Waals surface area contributed by atoms with E-state index in [4.69, 9.17) is 16.3 Å². The fraction of sp³-hybridized carbons (Fsp3) is 0.353. The number of hydrogen-bond acceptors (Lipinski definition) is 5. The summed E-state index contributed by atoms with van der Waals surface area (Å²) in [6.07, 6.45) is 4.12. The molecule has 1 aromatic heterocycles. The molecule has 6 nitrogen and oxygen atoms in total. The number of aromatic nitrogens is 3. The lowest BCUT2D eigenvalue weighted by atomic mass is 10.3. The average Bonchev–Trinajstić information content (AvgIpc) is 3.36.